The molecule has 0 radical (unpaired) electrons. The lowest BCUT2D eigenvalue weighted by Gasteiger charge is -2.34. The highest BCUT2D eigenvalue weighted by molar-refractivity contribution is 5.30. The SMILES string of the molecule is CCN(Cc1ccc(C)cc1C)C1CCCNC1. The van der Waals surface area contributed by atoms with Gasteiger partial charge in [-0.25, -0.2) is 0 Å². The molecular formula is C16H26N2. The maximum atomic E-state index is 3.52. The average molecular weight is 246 g/mol. The first-order valence-corrected chi connectivity index (χ1v) is 7.21. The standard InChI is InChI=1S/C16H26N2/c1-4-18(16-6-5-9-17-11-16)12-15-8-7-13(2)10-14(15)3/h7-8,10,16-17H,4-6,9,11-12H2,1-3H3. The Hall–Kier alpha value is -0.860. The number of piperidine rings is 1. The van der Waals surface area contributed by atoms with Gasteiger partial charge in [0.1, 0.15) is 0 Å². The fraction of sp³-hybridized carbons (Fsp3) is 0.625. The molecule has 1 aliphatic rings. The van der Waals surface area contributed by atoms with Crippen LogP contribution in [-0.4, -0.2) is 30.6 Å². The first kappa shape index (κ1) is 13.6. The van der Waals surface area contributed by atoms with Gasteiger partial charge in [0.05, 0.1) is 0 Å². The zero-order chi connectivity index (χ0) is 13.0. The zero-order valence-corrected chi connectivity index (χ0v) is 12.0. The van der Waals surface area contributed by atoms with E-state index in [9.17, 15) is 0 Å². The van der Waals surface area contributed by atoms with Gasteiger partial charge in [0.15, 0.2) is 0 Å². The summed E-state index contributed by atoms with van der Waals surface area (Å²) in [7, 11) is 0. The molecule has 0 amide bonds. The predicted molar refractivity (Wildman–Crippen MR) is 77.9 cm³/mol. The topological polar surface area (TPSA) is 15.3 Å². The third-order valence-corrected chi connectivity index (χ3v) is 4.06. The lowest BCUT2D eigenvalue weighted by atomic mass is 10.0. The van der Waals surface area contributed by atoms with Crippen molar-refractivity contribution in [3.63, 3.8) is 0 Å². The Kier molecular flexibility index (Phi) is 4.79. The highest BCUT2D eigenvalue weighted by Crippen LogP contribution is 2.17. The highest BCUT2D eigenvalue weighted by Gasteiger charge is 2.19. The van der Waals surface area contributed by atoms with Crippen LogP contribution in [-0.2, 0) is 6.54 Å². The molecule has 100 valence electrons. The number of benzene rings is 1. The van der Waals surface area contributed by atoms with Crippen molar-refractivity contribution >= 4 is 0 Å². The van der Waals surface area contributed by atoms with E-state index >= 15 is 0 Å². The summed E-state index contributed by atoms with van der Waals surface area (Å²) in [4.78, 5) is 2.61. The summed E-state index contributed by atoms with van der Waals surface area (Å²) in [6, 6.07) is 7.53. The average Bonchev–Trinajstić information content (AvgIpc) is 2.39. The van der Waals surface area contributed by atoms with Gasteiger partial charge >= 0.3 is 0 Å². The van der Waals surface area contributed by atoms with Crippen molar-refractivity contribution in [1.29, 1.82) is 0 Å². The van der Waals surface area contributed by atoms with Crippen molar-refractivity contribution in [3.8, 4) is 0 Å². The number of rotatable bonds is 4. The van der Waals surface area contributed by atoms with E-state index in [2.05, 4.69) is 49.2 Å². The Morgan fingerprint density at radius 3 is 2.78 bits per heavy atom. The fourth-order valence-corrected chi connectivity index (χ4v) is 2.89. The van der Waals surface area contributed by atoms with Crippen molar-refractivity contribution in [2.75, 3.05) is 19.6 Å². The van der Waals surface area contributed by atoms with Crippen LogP contribution in [0.2, 0.25) is 0 Å². The zero-order valence-electron chi connectivity index (χ0n) is 12.0. The van der Waals surface area contributed by atoms with E-state index in [0.29, 0.717) is 6.04 Å². The summed E-state index contributed by atoms with van der Waals surface area (Å²) in [6.45, 7) is 11.2. The monoisotopic (exact) mass is 246 g/mol. The lowest BCUT2D eigenvalue weighted by molar-refractivity contribution is 0.166. The van der Waals surface area contributed by atoms with Crippen LogP contribution in [0.4, 0.5) is 0 Å². The summed E-state index contributed by atoms with van der Waals surface area (Å²) >= 11 is 0. The first-order valence-electron chi connectivity index (χ1n) is 7.21. The van der Waals surface area contributed by atoms with E-state index in [1.165, 1.54) is 36.1 Å². The van der Waals surface area contributed by atoms with Crippen molar-refractivity contribution in [2.45, 2.75) is 46.2 Å². The molecule has 1 atom stereocenters. The molecule has 0 spiro atoms. The van der Waals surface area contributed by atoms with Gasteiger partial charge in [-0.3, -0.25) is 4.90 Å². The van der Waals surface area contributed by atoms with Crippen LogP contribution in [0.15, 0.2) is 18.2 Å². The molecule has 1 aromatic rings. The molecule has 1 aliphatic heterocycles. The van der Waals surface area contributed by atoms with E-state index in [0.717, 1.165) is 19.6 Å². The molecule has 1 saturated heterocycles. The van der Waals surface area contributed by atoms with E-state index in [1.807, 2.05) is 0 Å². The molecule has 18 heavy (non-hydrogen) atoms. The summed E-state index contributed by atoms with van der Waals surface area (Å²) in [5, 5.41) is 3.52. The van der Waals surface area contributed by atoms with Gasteiger partial charge in [0.25, 0.3) is 0 Å². The molecule has 0 aromatic heterocycles. The highest BCUT2D eigenvalue weighted by atomic mass is 15.2. The van der Waals surface area contributed by atoms with Crippen LogP contribution in [0.5, 0.6) is 0 Å². The minimum absolute atomic E-state index is 0.712. The minimum Gasteiger partial charge on any atom is -0.315 e. The number of hydrogen-bond acceptors (Lipinski definition) is 2. The Morgan fingerprint density at radius 1 is 1.33 bits per heavy atom. The molecule has 0 aliphatic carbocycles. The second-order valence-corrected chi connectivity index (χ2v) is 5.49. The molecule has 1 fully saturated rings. The van der Waals surface area contributed by atoms with Crippen molar-refractivity contribution < 1.29 is 0 Å². The third kappa shape index (κ3) is 3.33. The largest absolute Gasteiger partial charge is 0.315 e. The summed E-state index contributed by atoms with van der Waals surface area (Å²) in [6.07, 6.45) is 2.65. The van der Waals surface area contributed by atoms with Crippen LogP contribution in [0.1, 0.15) is 36.5 Å². The molecule has 0 saturated carbocycles. The molecular weight excluding hydrogens is 220 g/mol. The fourth-order valence-electron chi connectivity index (χ4n) is 2.89. The molecule has 2 rings (SSSR count). The van der Waals surface area contributed by atoms with Gasteiger partial charge < -0.3 is 5.32 Å². The minimum atomic E-state index is 0.712. The maximum absolute atomic E-state index is 3.52. The van der Waals surface area contributed by atoms with Crippen LogP contribution < -0.4 is 5.32 Å². The molecule has 2 heteroatoms. The number of likely N-dealkylation sites (N-methyl/N-ethyl adjacent to an activating group) is 1. The Morgan fingerprint density at radius 2 is 2.17 bits per heavy atom. The van der Waals surface area contributed by atoms with E-state index < -0.39 is 0 Å². The van der Waals surface area contributed by atoms with Crippen molar-refractivity contribution in [1.82, 2.24) is 10.2 Å². The van der Waals surface area contributed by atoms with E-state index in [1.54, 1.807) is 0 Å². The van der Waals surface area contributed by atoms with Gasteiger partial charge in [-0.2, -0.15) is 0 Å². The summed E-state index contributed by atoms with van der Waals surface area (Å²) in [5.41, 5.74) is 4.27. The first-order chi connectivity index (χ1) is 8.70. The molecule has 1 unspecified atom stereocenters. The molecule has 1 aromatic carbocycles. The number of nitrogens with one attached hydrogen (secondary N) is 1. The van der Waals surface area contributed by atoms with Gasteiger partial charge in [-0.05, 0) is 50.9 Å². The van der Waals surface area contributed by atoms with Gasteiger partial charge in [0, 0.05) is 19.1 Å². The Bertz CT molecular complexity index is 381. The van der Waals surface area contributed by atoms with Crippen LogP contribution in [0, 0.1) is 13.8 Å². The maximum Gasteiger partial charge on any atom is 0.0239 e. The van der Waals surface area contributed by atoms with E-state index in [4.69, 9.17) is 0 Å². The quantitative estimate of drug-likeness (QED) is 0.879. The molecule has 0 bridgehead atoms. The summed E-state index contributed by atoms with van der Waals surface area (Å²) < 4.78 is 0. The molecule has 2 nitrogen and oxygen atoms in total. The normalized spacial score (nSPS) is 20.3. The molecule has 1 N–H and O–H groups in total. The van der Waals surface area contributed by atoms with E-state index in [-0.39, 0.29) is 0 Å². The van der Waals surface area contributed by atoms with Crippen molar-refractivity contribution in [2.24, 2.45) is 0 Å². The Balaban J connectivity index is 2.04. The van der Waals surface area contributed by atoms with Crippen LogP contribution in [0.25, 0.3) is 0 Å². The van der Waals surface area contributed by atoms with Gasteiger partial charge in [-0.1, -0.05) is 30.7 Å². The Labute approximate surface area is 111 Å². The summed E-state index contributed by atoms with van der Waals surface area (Å²) in [5.74, 6) is 0. The number of aryl methyl sites for hydroxylation is 2. The number of nitrogens with zero attached hydrogens (tertiary/aromatic N) is 1. The van der Waals surface area contributed by atoms with Crippen LogP contribution in [0.3, 0.4) is 0 Å². The second kappa shape index (κ2) is 6.35. The number of hydrogen-bond donors (Lipinski definition) is 1. The lowest BCUT2D eigenvalue weighted by Crippen LogP contribution is -2.45. The van der Waals surface area contributed by atoms with Gasteiger partial charge in [0.2, 0.25) is 0 Å². The van der Waals surface area contributed by atoms with Gasteiger partial charge in [-0.15, -0.1) is 0 Å². The van der Waals surface area contributed by atoms with Crippen LogP contribution >= 0.6 is 0 Å². The third-order valence-electron chi connectivity index (χ3n) is 4.06. The predicted octanol–water partition coefficient (Wildman–Crippen LogP) is 2.88. The molecule has 1 heterocycles. The smallest absolute Gasteiger partial charge is 0.0239 e. The van der Waals surface area contributed by atoms with Crippen molar-refractivity contribution in [3.05, 3.63) is 34.9 Å². The second-order valence-electron chi connectivity index (χ2n) is 5.49.